The van der Waals surface area contributed by atoms with Gasteiger partial charge in [-0.05, 0) is 51.2 Å². The van der Waals surface area contributed by atoms with Crippen molar-refractivity contribution in [3.63, 3.8) is 0 Å². The van der Waals surface area contributed by atoms with Crippen LogP contribution in [-0.4, -0.2) is 91.7 Å². The quantitative estimate of drug-likeness (QED) is 0.251. The second kappa shape index (κ2) is 10.8. The minimum absolute atomic E-state index is 0.0670. The van der Waals surface area contributed by atoms with Gasteiger partial charge in [0.15, 0.2) is 0 Å². The third-order valence-electron chi connectivity index (χ3n) is 8.04. The van der Waals surface area contributed by atoms with Gasteiger partial charge in [0.05, 0.1) is 30.1 Å². The van der Waals surface area contributed by atoms with Gasteiger partial charge in [-0.3, -0.25) is 14.4 Å². The number of fused-ring (bicyclic) bond motifs is 2. The summed E-state index contributed by atoms with van der Waals surface area (Å²) in [7, 11) is 0. The number of amides is 2. The number of nitrogens with zero attached hydrogens (tertiary/aromatic N) is 5. The number of ether oxygens (including phenoxy) is 2. The Hall–Kier alpha value is -3.31. The molecule has 3 fully saturated rings. The van der Waals surface area contributed by atoms with Gasteiger partial charge >= 0.3 is 5.97 Å². The molecule has 1 spiro atoms. The molecule has 5 rings (SSSR count). The van der Waals surface area contributed by atoms with Crippen LogP contribution in [0.25, 0.3) is 11.0 Å². The average Bonchev–Trinajstić information content (AvgIpc) is 3.66. The number of carbonyl (C=O) groups is 3. The topological polar surface area (TPSA) is 127 Å². The molecule has 204 valence electrons. The number of rotatable bonds is 12. The number of esters is 1. The molecule has 11 heteroatoms. The molecule has 2 aromatic rings. The van der Waals surface area contributed by atoms with Crippen LogP contribution in [0.1, 0.15) is 39.0 Å². The molecule has 0 saturated carbocycles. The maximum absolute atomic E-state index is 14.4. The zero-order chi connectivity index (χ0) is 26.9. The summed E-state index contributed by atoms with van der Waals surface area (Å²) in [5.74, 6) is -2.43. The zero-order valence-electron chi connectivity index (χ0n) is 21.7. The van der Waals surface area contributed by atoms with Crippen LogP contribution in [0.15, 0.2) is 36.9 Å². The molecule has 4 heterocycles. The number of aliphatic hydroxyl groups is 1. The fourth-order valence-electron chi connectivity index (χ4n) is 6.48. The molecule has 2 unspecified atom stereocenters. The van der Waals surface area contributed by atoms with E-state index in [9.17, 15) is 19.5 Å². The smallest absolute Gasteiger partial charge is 0.312 e. The third-order valence-corrected chi connectivity index (χ3v) is 8.04. The SMILES string of the molecule is C=CCN(Cn1nnc2ccccc21)C(=O)C1N(CCCCCO)C(=O)[C@@H]2[C@H](C(=O)OCC)[C@@H]3CCC12O3. The van der Waals surface area contributed by atoms with E-state index in [0.29, 0.717) is 44.2 Å². The molecule has 0 aliphatic carbocycles. The highest BCUT2D eigenvalue weighted by Gasteiger charge is 2.75. The average molecular weight is 526 g/mol. The first-order valence-electron chi connectivity index (χ1n) is 13.4. The highest BCUT2D eigenvalue weighted by atomic mass is 16.6. The summed E-state index contributed by atoms with van der Waals surface area (Å²) in [6, 6.07) is 6.62. The molecule has 5 atom stereocenters. The van der Waals surface area contributed by atoms with Crippen molar-refractivity contribution >= 4 is 28.8 Å². The molecule has 11 nitrogen and oxygen atoms in total. The monoisotopic (exact) mass is 525 g/mol. The number of carbonyl (C=O) groups excluding carboxylic acids is 3. The molecule has 1 N–H and O–H groups in total. The number of hydrogen-bond donors (Lipinski definition) is 1. The highest BCUT2D eigenvalue weighted by molar-refractivity contribution is 5.98. The summed E-state index contributed by atoms with van der Waals surface area (Å²) in [5, 5.41) is 17.6. The number of unbranched alkanes of at least 4 members (excludes halogenated alkanes) is 2. The molecule has 0 radical (unpaired) electrons. The predicted octanol–water partition coefficient (Wildman–Crippen LogP) is 1.50. The Morgan fingerprint density at radius 3 is 2.89 bits per heavy atom. The van der Waals surface area contributed by atoms with Crippen molar-refractivity contribution in [2.24, 2.45) is 11.8 Å². The fourth-order valence-corrected chi connectivity index (χ4v) is 6.48. The lowest BCUT2D eigenvalue weighted by atomic mass is 9.70. The molecule has 2 amide bonds. The van der Waals surface area contributed by atoms with Gasteiger partial charge in [0.1, 0.15) is 23.8 Å². The molecular formula is C27H35N5O6. The minimum atomic E-state index is -1.09. The third kappa shape index (κ3) is 4.27. The molecule has 38 heavy (non-hydrogen) atoms. The number of aliphatic hydroxyl groups excluding tert-OH is 1. The van der Waals surface area contributed by atoms with Crippen LogP contribution in [0.3, 0.4) is 0 Å². The van der Waals surface area contributed by atoms with Gasteiger partial charge in [0.25, 0.3) is 0 Å². The van der Waals surface area contributed by atoms with Gasteiger partial charge in [-0.15, -0.1) is 11.7 Å². The van der Waals surface area contributed by atoms with Crippen molar-refractivity contribution in [2.45, 2.75) is 63.4 Å². The van der Waals surface area contributed by atoms with Crippen molar-refractivity contribution < 1.29 is 29.0 Å². The van der Waals surface area contributed by atoms with Crippen LogP contribution in [0.5, 0.6) is 0 Å². The van der Waals surface area contributed by atoms with Crippen molar-refractivity contribution in [1.29, 1.82) is 0 Å². The molecule has 3 aliphatic heterocycles. The number of hydrogen-bond acceptors (Lipinski definition) is 8. The Kier molecular flexibility index (Phi) is 7.49. The first-order valence-corrected chi connectivity index (χ1v) is 13.4. The van der Waals surface area contributed by atoms with E-state index in [1.54, 1.807) is 27.5 Å². The van der Waals surface area contributed by atoms with E-state index >= 15 is 0 Å². The largest absolute Gasteiger partial charge is 0.466 e. The van der Waals surface area contributed by atoms with Gasteiger partial charge in [-0.25, -0.2) is 4.68 Å². The predicted molar refractivity (Wildman–Crippen MR) is 136 cm³/mol. The fraction of sp³-hybridized carbons (Fsp3) is 0.593. The van der Waals surface area contributed by atoms with E-state index in [1.165, 1.54) is 0 Å². The Morgan fingerprint density at radius 1 is 1.32 bits per heavy atom. The maximum atomic E-state index is 14.4. The van der Waals surface area contributed by atoms with Crippen LogP contribution in [0.2, 0.25) is 0 Å². The molecule has 1 aromatic heterocycles. The Balaban J connectivity index is 1.48. The molecule has 1 aromatic carbocycles. The number of aromatic nitrogens is 3. The lowest BCUT2D eigenvalue weighted by molar-refractivity contribution is -0.155. The van der Waals surface area contributed by atoms with E-state index in [-0.39, 0.29) is 38.2 Å². The van der Waals surface area contributed by atoms with Gasteiger partial charge in [-0.1, -0.05) is 23.4 Å². The second-order valence-corrected chi connectivity index (χ2v) is 10.2. The summed E-state index contributed by atoms with van der Waals surface area (Å²) in [6.45, 7) is 6.55. The lowest BCUT2D eigenvalue weighted by Gasteiger charge is -2.36. The van der Waals surface area contributed by atoms with Gasteiger partial charge in [0, 0.05) is 19.7 Å². The van der Waals surface area contributed by atoms with Crippen LogP contribution >= 0.6 is 0 Å². The molecule has 3 saturated heterocycles. The van der Waals surface area contributed by atoms with Crippen molar-refractivity contribution in [2.75, 3.05) is 26.3 Å². The van der Waals surface area contributed by atoms with E-state index in [2.05, 4.69) is 16.9 Å². The first-order chi connectivity index (χ1) is 18.5. The Bertz CT molecular complexity index is 1220. The van der Waals surface area contributed by atoms with Crippen LogP contribution in [0.4, 0.5) is 0 Å². The normalized spacial score (nSPS) is 27.6. The van der Waals surface area contributed by atoms with Crippen LogP contribution in [-0.2, 0) is 30.5 Å². The highest BCUT2D eigenvalue weighted by Crippen LogP contribution is 2.58. The van der Waals surface area contributed by atoms with Crippen molar-refractivity contribution in [3.05, 3.63) is 36.9 Å². The molecule has 2 bridgehead atoms. The van der Waals surface area contributed by atoms with Crippen molar-refractivity contribution in [3.8, 4) is 0 Å². The summed E-state index contributed by atoms with van der Waals surface area (Å²) in [5.41, 5.74) is 0.417. The van der Waals surface area contributed by atoms with Crippen LogP contribution in [0, 0.1) is 11.8 Å². The summed E-state index contributed by atoms with van der Waals surface area (Å²) in [6.07, 6.45) is 4.25. The maximum Gasteiger partial charge on any atom is 0.312 e. The summed E-state index contributed by atoms with van der Waals surface area (Å²) < 4.78 is 13.4. The molecule has 3 aliphatic rings. The van der Waals surface area contributed by atoms with E-state index in [0.717, 1.165) is 5.52 Å². The molecular weight excluding hydrogens is 490 g/mol. The number of likely N-dealkylation sites (tertiary alicyclic amines) is 1. The van der Waals surface area contributed by atoms with E-state index < -0.39 is 35.6 Å². The Morgan fingerprint density at radius 2 is 2.13 bits per heavy atom. The number of benzene rings is 1. The Labute approximate surface area is 221 Å². The van der Waals surface area contributed by atoms with Gasteiger partial charge < -0.3 is 24.4 Å². The van der Waals surface area contributed by atoms with Crippen molar-refractivity contribution in [1.82, 2.24) is 24.8 Å². The summed E-state index contributed by atoms with van der Waals surface area (Å²) >= 11 is 0. The van der Waals surface area contributed by atoms with E-state index in [1.807, 2.05) is 24.3 Å². The number of para-hydroxylation sites is 1. The summed E-state index contributed by atoms with van der Waals surface area (Å²) in [4.78, 5) is 44.4. The standard InChI is InChI=1S/C27H35N5O6/c1-3-14-30(17-32-19-11-7-6-10-18(19)28-29-32)25(35)23-27-13-12-20(38-27)21(26(36)37-4-2)22(27)24(34)31(23)15-8-5-9-16-33/h3,6-7,10-11,20-23,33H,1,4-5,8-9,12-17H2,2H3/t20-,21+,22-,23?,27?/m0/s1. The lowest BCUT2D eigenvalue weighted by Crippen LogP contribution is -2.56. The van der Waals surface area contributed by atoms with Gasteiger partial charge in [-0.2, -0.15) is 0 Å². The minimum Gasteiger partial charge on any atom is -0.466 e. The van der Waals surface area contributed by atoms with Gasteiger partial charge in [0.2, 0.25) is 11.8 Å². The van der Waals surface area contributed by atoms with E-state index in [4.69, 9.17) is 9.47 Å². The van der Waals surface area contributed by atoms with Crippen LogP contribution < -0.4 is 0 Å². The first kappa shape index (κ1) is 26.3. The zero-order valence-corrected chi connectivity index (χ0v) is 21.7. The second-order valence-electron chi connectivity index (χ2n) is 10.2.